The van der Waals surface area contributed by atoms with Gasteiger partial charge in [-0.2, -0.15) is 0 Å². The number of carbonyl (C=O) groups is 2. The molecule has 0 bridgehead atoms. The predicted octanol–water partition coefficient (Wildman–Crippen LogP) is 5.80. The summed E-state index contributed by atoms with van der Waals surface area (Å²) in [6.45, 7) is 5.44. The van der Waals surface area contributed by atoms with E-state index in [1.165, 1.54) is 0 Å². The smallest absolute Gasteiger partial charge is 0.309 e. The summed E-state index contributed by atoms with van der Waals surface area (Å²) in [6.07, 6.45) is 2.98. The molecule has 3 aromatic rings. The first kappa shape index (κ1) is 28.5. The van der Waals surface area contributed by atoms with E-state index in [1.54, 1.807) is 7.11 Å². The van der Waals surface area contributed by atoms with Crippen LogP contribution in [0.2, 0.25) is 0 Å². The molecule has 2 heterocycles. The Kier molecular flexibility index (Phi) is 8.78. The monoisotopic (exact) mass is 558 g/mol. The third-order valence-corrected chi connectivity index (χ3v) is 8.10. The van der Waals surface area contributed by atoms with Crippen molar-refractivity contribution >= 4 is 17.6 Å². The van der Waals surface area contributed by atoms with Gasteiger partial charge in [0, 0.05) is 30.7 Å². The van der Waals surface area contributed by atoms with Gasteiger partial charge in [0.2, 0.25) is 12.7 Å². The number of likely N-dealkylation sites (tertiary alicyclic amines) is 1. The topological polar surface area (TPSA) is 88.5 Å². The van der Waals surface area contributed by atoms with E-state index in [2.05, 4.69) is 6.92 Å². The van der Waals surface area contributed by atoms with Crippen LogP contribution in [0.5, 0.6) is 17.2 Å². The molecule has 8 heteroatoms. The number of aliphatic carboxylic acids is 1. The maximum atomic E-state index is 14.0. The van der Waals surface area contributed by atoms with Crippen LogP contribution in [-0.4, -0.2) is 55.4 Å². The first-order valence-electron chi connectivity index (χ1n) is 14.3. The second-order valence-electron chi connectivity index (χ2n) is 10.8. The molecule has 216 valence electrons. The highest BCUT2D eigenvalue weighted by atomic mass is 16.7. The van der Waals surface area contributed by atoms with Crippen molar-refractivity contribution in [2.24, 2.45) is 5.92 Å². The number of methoxy groups -OCH3 is 1. The average molecular weight is 559 g/mol. The number of fused-ring (bicyclic) bond motifs is 1. The number of anilines is 1. The van der Waals surface area contributed by atoms with Crippen molar-refractivity contribution in [3.63, 3.8) is 0 Å². The highest BCUT2D eigenvalue weighted by Gasteiger charge is 2.48. The highest BCUT2D eigenvalue weighted by molar-refractivity contribution is 5.95. The average Bonchev–Trinajstić information content (AvgIpc) is 3.60. The van der Waals surface area contributed by atoms with Gasteiger partial charge in [-0.15, -0.1) is 0 Å². The molecule has 1 amide bonds. The number of carboxylic acids is 1. The quantitative estimate of drug-likeness (QED) is 0.298. The Balaban J connectivity index is 1.50. The Morgan fingerprint density at radius 3 is 2.46 bits per heavy atom. The van der Waals surface area contributed by atoms with Crippen LogP contribution in [0, 0.1) is 12.8 Å². The fourth-order valence-electron chi connectivity index (χ4n) is 6.05. The second-order valence-corrected chi connectivity index (χ2v) is 10.8. The van der Waals surface area contributed by atoms with Gasteiger partial charge in [0.25, 0.3) is 0 Å². The van der Waals surface area contributed by atoms with E-state index in [9.17, 15) is 14.7 Å². The van der Waals surface area contributed by atoms with E-state index in [0.29, 0.717) is 30.3 Å². The number of aryl methyl sites for hydroxylation is 1. The first-order valence-corrected chi connectivity index (χ1v) is 14.3. The molecule has 0 aromatic heterocycles. The third-order valence-electron chi connectivity index (χ3n) is 8.10. The molecule has 41 heavy (non-hydrogen) atoms. The fourth-order valence-corrected chi connectivity index (χ4v) is 6.05. The van der Waals surface area contributed by atoms with Crippen LogP contribution < -0.4 is 19.1 Å². The van der Waals surface area contributed by atoms with Gasteiger partial charge in [0.05, 0.1) is 19.6 Å². The molecule has 1 N–H and O–H groups in total. The minimum atomic E-state index is -0.901. The summed E-state index contributed by atoms with van der Waals surface area (Å²) in [7, 11) is 1.60. The van der Waals surface area contributed by atoms with Crippen LogP contribution in [0.1, 0.15) is 54.8 Å². The lowest BCUT2D eigenvalue weighted by atomic mass is 9.82. The Hall–Kier alpha value is -4.04. The van der Waals surface area contributed by atoms with E-state index in [0.717, 1.165) is 41.6 Å². The third kappa shape index (κ3) is 6.17. The van der Waals surface area contributed by atoms with Gasteiger partial charge in [-0.25, -0.2) is 0 Å². The number of ether oxygens (including phenoxy) is 3. The fraction of sp³-hybridized carbons (Fsp3) is 0.394. The SMILES string of the molecule is CCCCCN(C(=O)CN1CC(c2ccc3c(c2)OCO3)C(C(=O)O)C1c1ccc(OC)cc1)c1cccc(C)c1. The van der Waals surface area contributed by atoms with Crippen LogP contribution in [0.25, 0.3) is 0 Å². The van der Waals surface area contributed by atoms with Crippen LogP contribution >= 0.6 is 0 Å². The lowest BCUT2D eigenvalue weighted by Gasteiger charge is -2.30. The van der Waals surface area contributed by atoms with Crippen LogP contribution in [0.3, 0.4) is 0 Å². The van der Waals surface area contributed by atoms with E-state index >= 15 is 0 Å². The Labute approximate surface area is 241 Å². The van der Waals surface area contributed by atoms with E-state index < -0.39 is 17.9 Å². The normalized spacial score (nSPS) is 19.7. The minimum Gasteiger partial charge on any atom is -0.497 e. The zero-order valence-corrected chi connectivity index (χ0v) is 23.9. The van der Waals surface area contributed by atoms with Crippen molar-refractivity contribution < 1.29 is 28.9 Å². The van der Waals surface area contributed by atoms with E-state index in [-0.39, 0.29) is 25.2 Å². The Morgan fingerprint density at radius 2 is 1.76 bits per heavy atom. The number of hydrogen-bond donors (Lipinski definition) is 1. The molecular formula is C33H38N2O6. The summed E-state index contributed by atoms with van der Waals surface area (Å²) in [5, 5.41) is 10.6. The number of carboxylic acid groups (broad SMARTS) is 1. The molecule has 3 unspecified atom stereocenters. The standard InChI is InChI=1S/C33H38N2O6/c1-4-5-6-16-35(25-9-7-8-22(2)17-25)30(36)20-34-19-27(24-12-15-28-29(18-24)41-21-40-28)31(33(37)38)32(34)23-10-13-26(39-3)14-11-23/h7-15,17-18,27,31-32H,4-6,16,19-21H2,1-3H3,(H,37,38). The van der Waals surface area contributed by atoms with Gasteiger partial charge in [-0.3, -0.25) is 14.5 Å². The largest absolute Gasteiger partial charge is 0.497 e. The van der Waals surface area contributed by atoms with Crippen molar-refractivity contribution in [3.05, 3.63) is 83.4 Å². The summed E-state index contributed by atoms with van der Waals surface area (Å²) < 4.78 is 16.4. The van der Waals surface area contributed by atoms with Crippen LogP contribution in [-0.2, 0) is 9.59 Å². The molecule has 0 radical (unpaired) electrons. The number of nitrogens with zero attached hydrogens (tertiary/aromatic N) is 2. The second kappa shape index (κ2) is 12.6. The lowest BCUT2D eigenvalue weighted by molar-refractivity contribution is -0.143. The molecule has 5 rings (SSSR count). The van der Waals surface area contributed by atoms with Gasteiger partial charge < -0.3 is 24.2 Å². The molecule has 2 aliphatic heterocycles. The number of carbonyl (C=O) groups excluding carboxylic acids is 1. The summed E-state index contributed by atoms with van der Waals surface area (Å²) in [5.74, 6) is -0.113. The van der Waals surface area contributed by atoms with Crippen molar-refractivity contribution in [1.29, 1.82) is 0 Å². The maximum absolute atomic E-state index is 14.0. The van der Waals surface area contributed by atoms with Gasteiger partial charge in [-0.05, 0) is 66.4 Å². The summed E-state index contributed by atoms with van der Waals surface area (Å²) >= 11 is 0. The summed E-state index contributed by atoms with van der Waals surface area (Å²) in [4.78, 5) is 30.8. The molecule has 1 saturated heterocycles. The van der Waals surface area contributed by atoms with E-state index in [4.69, 9.17) is 14.2 Å². The molecule has 0 aliphatic carbocycles. The van der Waals surface area contributed by atoms with Crippen molar-refractivity contribution in [2.75, 3.05) is 38.4 Å². The molecule has 1 fully saturated rings. The Morgan fingerprint density at radius 1 is 1.00 bits per heavy atom. The molecular weight excluding hydrogens is 520 g/mol. The molecule has 3 atom stereocenters. The predicted molar refractivity (Wildman–Crippen MR) is 157 cm³/mol. The number of rotatable bonds is 11. The zero-order chi connectivity index (χ0) is 28.9. The molecule has 0 spiro atoms. The first-order chi connectivity index (χ1) is 19.9. The van der Waals surface area contributed by atoms with Gasteiger partial charge >= 0.3 is 5.97 Å². The van der Waals surface area contributed by atoms with Crippen molar-refractivity contribution in [1.82, 2.24) is 4.90 Å². The van der Waals surface area contributed by atoms with Crippen molar-refractivity contribution in [3.8, 4) is 17.2 Å². The number of hydrogen-bond acceptors (Lipinski definition) is 6. The number of amides is 1. The molecule has 3 aromatic carbocycles. The minimum absolute atomic E-state index is 0.0410. The van der Waals surface area contributed by atoms with Crippen molar-refractivity contribution in [2.45, 2.75) is 45.1 Å². The van der Waals surface area contributed by atoms with Gasteiger partial charge in [0.15, 0.2) is 11.5 Å². The van der Waals surface area contributed by atoms with Crippen LogP contribution in [0.15, 0.2) is 66.7 Å². The molecule has 0 saturated carbocycles. The number of unbranched alkanes of at least 4 members (excludes halogenated alkanes) is 2. The molecule has 2 aliphatic rings. The zero-order valence-electron chi connectivity index (χ0n) is 23.9. The Bertz CT molecular complexity index is 1370. The number of benzene rings is 3. The van der Waals surface area contributed by atoms with Gasteiger partial charge in [-0.1, -0.05) is 50.1 Å². The molecule has 8 nitrogen and oxygen atoms in total. The van der Waals surface area contributed by atoms with Gasteiger partial charge in [0.1, 0.15) is 5.75 Å². The van der Waals surface area contributed by atoms with Crippen LogP contribution in [0.4, 0.5) is 5.69 Å². The summed E-state index contributed by atoms with van der Waals surface area (Å²) in [6, 6.07) is 20.6. The maximum Gasteiger partial charge on any atom is 0.309 e. The van der Waals surface area contributed by atoms with E-state index in [1.807, 2.05) is 83.5 Å². The summed E-state index contributed by atoms with van der Waals surface area (Å²) in [5.41, 5.74) is 3.64. The highest BCUT2D eigenvalue weighted by Crippen LogP contribution is 2.48. The lowest BCUT2D eigenvalue weighted by Crippen LogP contribution is -2.41.